The molecule has 1 aliphatic heterocycles. The van der Waals surface area contributed by atoms with Crippen molar-refractivity contribution in [2.24, 2.45) is 11.8 Å². The van der Waals surface area contributed by atoms with Gasteiger partial charge in [0.15, 0.2) is 0 Å². The molecular weight excluding hydrogens is 266 g/mol. The molecule has 0 aromatic heterocycles. The molecule has 1 fully saturated rings. The summed E-state index contributed by atoms with van der Waals surface area (Å²) < 4.78 is 4.92. The second-order valence-electron chi connectivity index (χ2n) is 6.44. The van der Waals surface area contributed by atoms with Gasteiger partial charge in [0.1, 0.15) is 0 Å². The summed E-state index contributed by atoms with van der Waals surface area (Å²) in [6.07, 6.45) is 3.69. The Morgan fingerprint density at radius 3 is 2.67 bits per heavy atom. The molecule has 21 heavy (non-hydrogen) atoms. The van der Waals surface area contributed by atoms with Gasteiger partial charge < -0.3 is 20.3 Å². The van der Waals surface area contributed by atoms with Crippen LogP contribution < -0.4 is 10.6 Å². The van der Waals surface area contributed by atoms with Crippen molar-refractivity contribution in [1.29, 1.82) is 0 Å². The van der Waals surface area contributed by atoms with E-state index in [9.17, 15) is 4.79 Å². The Morgan fingerprint density at radius 1 is 1.33 bits per heavy atom. The van der Waals surface area contributed by atoms with Crippen molar-refractivity contribution in [3.63, 3.8) is 0 Å². The molecule has 0 unspecified atom stereocenters. The fraction of sp³-hybridized carbons (Fsp3) is 0.938. The first-order valence-electron chi connectivity index (χ1n) is 8.30. The van der Waals surface area contributed by atoms with E-state index in [0.29, 0.717) is 19.1 Å². The van der Waals surface area contributed by atoms with Gasteiger partial charge in [0.2, 0.25) is 5.91 Å². The van der Waals surface area contributed by atoms with Crippen molar-refractivity contribution in [2.45, 2.75) is 33.1 Å². The number of methoxy groups -OCH3 is 1. The van der Waals surface area contributed by atoms with Crippen LogP contribution >= 0.6 is 0 Å². The third-order valence-electron chi connectivity index (χ3n) is 4.09. The van der Waals surface area contributed by atoms with Crippen LogP contribution in [0.4, 0.5) is 0 Å². The van der Waals surface area contributed by atoms with E-state index in [2.05, 4.69) is 29.4 Å². The van der Waals surface area contributed by atoms with Gasteiger partial charge in [0.05, 0.1) is 13.2 Å². The molecule has 0 bridgehead atoms. The highest BCUT2D eigenvalue weighted by Crippen LogP contribution is 2.17. The molecule has 0 radical (unpaired) electrons. The number of carbonyl (C=O) groups is 1. The van der Waals surface area contributed by atoms with Crippen LogP contribution in [-0.4, -0.2) is 63.8 Å². The predicted molar refractivity (Wildman–Crippen MR) is 86.4 cm³/mol. The Kier molecular flexibility index (Phi) is 9.63. The Hall–Kier alpha value is -0.650. The molecule has 1 saturated heterocycles. The summed E-state index contributed by atoms with van der Waals surface area (Å²) in [6, 6.07) is 0. The molecule has 1 amide bonds. The van der Waals surface area contributed by atoms with Crippen molar-refractivity contribution in [3.05, 3.63) is 0 Å². The number of hydrogen-bond donors (Lipinski definition) is 2. The van der Waals surface area contributed by atoms with Crippen LogP contribution in [0.3, 0.4) is 0 Å². The van der Waals surface area contributed by atoms with Gasteiger partial charge in [0.25, 0.3) is 0 Å². The van der Waals surface area contributed by atoms with E-state index in [-0.39, 0.29) is 5.91 Å². The number of carbonyl (C=O) groups excluding carboxylic acids is 1. The Balaban J connectivity index is 2.03. The molecule has 124 valence electrons. The molecule has 2 N–H and O–H groups in total. The Morgan fingerprint density at radius 2 is 2.05 bits per heavy atom. The topological polar surface area (TPSA) is 53.6 Å². The van der Waals surface area contributed by atoms with Crippen molar-refractivity contribution in [1.82, 2.24) is 15.5 Å². The number of hydrogen-bond acceptors (Lipinski definition) is 4. The first-order valence-corrected chi connectivity index (χ1v) is 8.30. The van der Waals surface area contributed by atoms with E-state index < -0.39 is 0 Å². The van der Waals surface area contributed by atoms with Crippen LogP contribution in [0.25, 0.3) is 0 Å². The molecule has 1 heterocycles. The number of piperidine rings is 1. The minimum absolute atomic E-state index is 0.0911. The van der Waals surface area contributed by atoms with Crippen LogP contribution in [0.15, 0.2) is 0 Å². The fourth-order valence-electron chi connectivity index (χ4n) is 2.55. The average molecular weight is 299 g/mol. The quantitative estimate of drug-likeness (QED) is 0.593. The van der Waals surface area contributed by atoms with Gasteiger partial charge in [-0.05, 0) is 50.7 Å². The first kappa shape index (κ1) is 18.4. The summed E-state index contributed by atoms with van der Waals surface area (Å²) in [5.74, 6) is 1.52. The van der Waals surface area contributed by atoms with Crippen LogP contribution in [0, 0.1) is 11.8 Å². The van der Waals surface area contributed by atoms with Crippen LogP contribution in [0.5, 0.6) is 0 Å². The molecule has 0 aromatic carbocycles. The van der Waals surface area contributed by atoms with E-state index in [1.54, 1.807) is 7.11 Å². The number of ether oxygens (including phenoxy) is 1. The molecule has 0 aliphatic carbocycles. The highest BCUT2D eigenvalue weighted by Gasteiger charge is 2.19. The Labute approximate surface area is 129 Å². The minimum atomic E-state index is 0.0911. The van der Waals surface area contributed by atoms with E-state index in [4.69, 9.17) is 4.74 Å². The largest absolute Gasteiger partial charge is 0.383 e. The smallest absolute Gasteiger partial charge is 0.233 e. The van der Waals surface area contributed by atoms with E-state index in [0.717, 1.165) is 19.0 Å². The van der Waals surface area contributed by atoms with E-state index >= 15 is 0 Å². The number of nitrogens with one attached hydrogen (secondary N) is 2. The molecule has 5 heteroatoms. The predicted octanol–water partition coefficient (Wildman–Crippen LogP) is 1.10. The lowest BCUT2D eigenvalue weighted by molar-refractivity contribution is -0.120. The standard InChI is InChI=1S/C16H33N3O2/c1-14(2)4-8-19-9-5-15(6-10-19)12-18-16(20)13-17-7-11-21-3/h14-15,17H,4-13H2,1-3H3,(H,18,20). The molecule has 0 atom stereocenters. The van der Waals surface area contributed by atoms with Gasteiger partial charge in [0, 0.05) is 20.2 Å². The minimum Gasteiger partial charge on any atom is -0.383 e. The lowest BCUT2D eigenvalue weighted by atomic mass is 9.96. The highest BCUT2D eigenvalue weighted by atomic mass is 16.5. The van der Waals surface area contributed by atoms with Crippen molar-refractivity contribution >= 4 is 5.91 Å². The monoisotopic (exact) mass is 299 g/mol. The third-order valence-corrected chi connectivity index (χ3v) is 4.09. The number of nitrogens with zero attached hydrogens (tertiary/aromatic N) is 1. The summed E-state index contributed by atoms with van der Waals surface area (Å²) in [5, 5.41) is 6.10. The van der Waals surface area contributed by atoms with Crippen molar-refractivity contribution in [3.8, 4) is 0 Å². The average Bonchev–Trinajstić information content (AvgIpc) is 2.48. The van der Waals surface area contributed by atoms with Crippen LogP contribution in [0.1, 0.15) is 33.1 Å². The van der Waals surface area contributed by atoms with Crippen LogP contribution in [-0.2, 0) is 9.53 Å². The summed E-state index contributed by atoms with van der Waals surface area (Å²) in [5.41, 5.74) is 0. The van der Waals surface area contributed by atoms with E-state index in [1.807, 2.05) is 0 Å². The summed E-state index contributed by atoms with van der Waals surface area (Å²) >= 11 is 0. The van der Waals surface area contributed by atoms with Crippen molar-refractivity contribution < 1.29 is 9.53 Å². The maximum atomic E-state index is 11.7. The molecule has 0 aromatic rings. The second-order valence-corrected chi connectivity index (χ2v) is 6.44. The molecule has 1 aliphatic rings. The summed E-state index contributed by atoms with van der Waals surface area (Å²) in [7, 11) is 1.66. The SMILES string of the molecule is COCCNCC(=O)NCC1CCN(CCC(C)C)CC1. The molecular formula is C16H33N3O2. The van der Waals surface area contributed by atoms with Gasteiger partial charge in [-0.3, -0.25) is 4.79 Å². The maximum absolute atomic E-state index is 11.7. The lowest BCUT2D eigenvalue weighted by Crippen LogP contribution is -2.41. The second kappa shape index (κ2) is 11.0. The number of rotatable bonds is 10. The summed E-state index contributed by atoms with van der Waals surface area (Å²) in [6.45, 7) is 10.7. The molecule has 0 saturated carbocycles. The molecule has 0 spiro atoms. The lowest BCUT2D eigenvalue weighted by Gasteiger charge is -2.32. The Bertz CT molecular complexity index is 277. The molecule has 5 nitrogen and oxygen atoms in total. The number of likely N-dealkylation sites (tertiary alicyclic amines) is 1. The van der Waals surface area contributed by atoms with Gasteiger partial charge >= 0.3 is 0 Å². The normalized spacial score (nSPS) is 17.3. The molecule has 1 rings (SSSR count). The zero-order valence-corrected chi connectivity index (χ0v) is 14.0. The zero-order chi connectivity index (χ0) is 15.5. The van der Waals surface area contributed by atoms with Gasteiger partial charge in [-0.2, -0.15) is 0 Å². The first-order chi connectivity index (χ1) is 10.1. The zero-order valence-electron chi connectivity index (χ0n) is 14.0. The van der Waals surface area contributed by atoms with E-state index in [1.165, 1.54) is 38.9 Å². The summed E-state index contributed by atoms with van der Waals surface area (Å²) in [4.78, 5) is 14.2. The highest BCUT2D eigenvalue weighted by molar-refractivity contribution is 5.77. The number of amides is 1. The fourth-order valence-corrected chi connectivity index (χ4v) is 2.55. The van der Waals surface area contributed by atoms with Gasteiger partial charge in [-0.1, -0.05) is 13.8 Å². The van der Waals surface area contributed by atoms with Gasteiger partial charge in [-0.15, -0.1) is 0 Å². The van der Waals surface area contributed by atoms with Gasteiger partial charge in [-0.25, -0.2) is 0 Å². The third kappa shape index (κ3) is 9.06. The van der Waals surface area contributed by atoms with Crippen LogP contribution in [0.2, 0.25) is 0 Å². The maximum Gasteiger partial charge on any atom is 0.233 e. The van der Waals surface area contributed by atoms with Crippen molar-refractivity contribution in [2.75, 3.05) is 53.0 Å².